The molecule has 4 N–H and O–H groups in total. The Morgan fingerprint density at radius 3 is 1.70 bits per heavy atom. The average molecular weight is 278 g/mol. The van der Waals surface area contributed by atoms with E-state index in [-0.39, 0.29) is 23.7 Å². The molecule has 20 heavy (non-hydrogen) atoms. The molecule has 2 nitrogen and oxygen atoms in total. The second-order valence-electron chi connectivity index (χ2n) is 4.68. The molecule has 0 spiro atoms. The molecule has 0 aromatic heterocycles. The Hall–Kier alpha value is -1.78. The molecule has 0 amide bonds. The molecule has 4 heteroatoms. The summed E-state index contributed by atoms with van der Waals surface area (Å²) in [5.74, 6) is -0.445. The van der Waals surface area contributed by atoms with Gasteiger partial charge < -0.3 is 11.5 Å². The summed E-state index contributed by atoms with van der Waals surface area (Å²) in [6.07, 6.45) is 0. The Balaban J connectivity index is 0.000000200. The van der Waals surface area contributed by atoms with E-state index in [1.165, 1.54) is 24.3 Å². The van der Waals surface area contributed by atoms with Gasteiger partial charge in [-0.3, -0.25) is 0 Å². The molecule has 0 aliphatic carbocycles. The van der Waals surface area contributed by atoms with Gasteiger partial charge in [-0.25, -0.2) is 8.78 Å². The fraction of sp³-hybridized carbons (Fsp3) is 0.250. The molecule has 2 rings (SSSR count). The van der Waals surface area contributed by atoms with Crippen LogP contribution in [0.1, 0.15) is 37.1 Å². The van der Waals surface area contributed by atoms with Crippen LogP contribution in [0.15, 0.2) is 48.5 Å². The van der Waals surface area contributed by atoms with Crippen LogP contribution in [0.2, 0.25) is 0 Å². The van der Waals surface area contributed by atoms with Gasteiger partial charge in [0.25, 0.3) is 0 Å². The lowest BCUT2D eigenvalue weighted by Gasteiger charge is -2.03. The van der Waals surface area contributed by atoms with Crippen molar-refractivity contribution in [2.24, 2.45) is 11.5 Å². The molecule has 0 heterocycles. The second-order valence-corrected chi connectivity index (χ2v) is 4.68. The molecule has 0 radical (unpaired) electrons. The highest BCUT2D eigenvalue weighted by molar-refractivity contribution is 5.19. The Labute approximate surface area is 118 Å². The fourth-order valence-electron chi connectivity index (χ4n) is 1.56. The third-order valence-electron chi connectivity index (χ3n) is 2.77. The van der Waals surface area contributed by atoms with Crippen LogP contribution in [0.5, 0.6) is 0 Å². The van der Waals surface area contributed by atoms with Crippen LogP contribution >= 0.6 is 0 Å². The SMILES string of the molecule is CC(N)c1ccc(F)cc1.CC(N)c1cccc(F)c1. The maximum Gasteiger partial charge on any atom is 0.123 e. The normalized spacial score (nSPS) is 13.1. The molecule has 0 bridgehead atoms. The summed E-state index contributed by atoms with van der Waals surface area (Å²) in [6, 6.07) is 12.5. The number of hydrogen-bond donors (Lipinski definition) is 2. The number of halogens is 2. The van der Waals surface area contributed by atoms with Gasteiger partial charge in [-0.15, -0.1) is 0 Å². The maximum absolute atomic E-state index is 12.5. The first-order valence-corrected chi connectivity index (χ1v) is 6.42. The lowest BCUT2D eigenvalue weighted by molar-refractivity contribution is 0.622. The van der Waals surface area contributed by atoms with E-state index < -0.39 is 0 Å². The lowest BCUT2D eigenvalue weighted by Crippen LogP contribution is -2.04. The van der Waals surface area contributed by atoms with Gasteiger partial charge in [-0.2, -0.15) is 0 Å². The lowest BCUT2D eigenvalue weighted by atomic mass is 10.1. The number of nitrogens with two attached hydrogens (primary N) is 2. The first kappa shape index (κ1) is 16.3. The molecule has 0 saturated carbocycles. The molecule has 2 unspecified atom stereocenters. The van der Waals surface area contributed by atoms with Crippen molar-refractivity contribution >= 4 is 0 Å². The van der Waals surface area contributed by atoms with Gasteiger partial charge in [0, 0.05) is 12.1 Å². The topological polar surface area (TPSA) is 52.0 Å². The predicted molar refractivity (Wildman–Crippen MR) is 78.0 cm³/mol. The van der Waals surface area contributed by atoms with Crippen molar-refractivity contribution in [1.29, 1.82) is 0 Å². The van der Waals surface area contributed by atoms with Crippen molar-refractivity contribution in [2.75, 3.05) is 0 Å². The third kappa shape index (κ3) is 5.47. The standard InChI is InChI=1S/2C8H10FN/c1-6(10)7-2-4-8(9)5-3-7;1-6(10)7-3-2-4-8(9)5-7/h2*2-6H,10H2,1H3. The second kappa shape index (κ2) is 7.72. The molecule has 0 aliphatic rings. The quantitative estimate of drug-likeness (QED) is 0.880. The Kier molecular flexibility index (Phi) is 6.28. The van der Waals surface area contributed by atoms with Gasteiger partial charge in [0.2, 0.25) is 0 Å². The van der Waals surface area contributed by atoms with Crippen LogP contribution in [0.4, 0.5) is 8.78 Å². The van der Waals surface area contributed by atoms with E-state index in [2.05, 4.69) is 0 Å². The van der Waals surface area contributed by atoms with Crippen molar-refractivity contribution in [3.8, 4) is 0 Å². The van der Waals surface area contributed by atoms with Crippen LogP contribution in [0, 0.1) is 11.6 Å². The van der Waals surface area contributed by atoms with Crippen molar-refractivity contribution in [1.82, 2.24) is 0 Å². The Bertz CT molecular complexity index is 522. The van der Waals surface area contributed by atoms with Crippen molar-refractivity contribution < 1.29 is 8.78 Å². The number of benzene rings is 2. The minimum atomic E-state index is -0.227. The smallest absolute Gasteiger partial charge is 0.123 e. The van der Waals surface area contributed by atoms with E-state index in [1.807, 2.05) is 19.9 Å². The average Bonchev–Trinajstić information content (AvgIpc) is 2.40. The summed E-state index contributed by atoms with van der Waals surface area (Å²) in [4.78, 5) is 0. The van der Waals surface area contributed by atoms with Gasteiger partial charge >= 0.3 is 0 Å². The monoisotopic (exact) mass is 278 g/mol. The molecular weight excluding hydrogens is 258 g/mol. The molecule has 2 aromatic rings. The summed E-state index contributed by atoms with van der Waals surface area (Å²) in [6.45, 7) is 3.70. The van der Waals surface area contributed by atoms with E-state index in [1.54, 1.807) is 18.2 Å². The molecule has 0 saturated heterocycles. The molecule has 2 atom stereocenters. The third-order valence-corrected chi connectivity index (χ3v) is 2.77. The minimum absolute atomic E-state index is 0.0133. The fourth-order valence-corrected chi connectivity index (χ4v) is 1.56. The van der Waals surface area contributed by atoms with Gasteiger partial charge in [-0.1, -0.05) is 24.3 Å². The van der Waals surface area contributed by atoms with Gasteiger partial charge in [0.15, 0.2) is 0 Å². The Morgan fingerprint density at radius 1 is 0.750 bits per heavy atom. The van der Waals surface area contributed by atoms with Gasteiger partial charge in [0.1, 0.15) is 11.6 Å². The van der Waals surface area contributed by atoms with E-state index in [4.69, 9.17) is 11.5 Å². The largest absolute Gasteiger partial charge is 0.324 e. The molecule has 2 aromatic carbocycles. The highest BCUT2D eigenvalue weighted by Crippen LogP contribution is 2.10. The number of hydrogen-bond acceptors (Lipinski definition) is 2. The summed E-state index contributed by atoms with van der Waals surface area (Å²) in [7, 11) is 0. The minimum Gasteiger partial charge on any atom is -0.324 e. The van der Waals surface area contributed by atoms with Crippen molar-refractivity contribution in [2.45, 2.75) is 25.9 Å². The van der Waals surface area contributed by atoms with Crippen molar-refractivity contribution in [3.05, 3.63) is 71.3 Å². The predicted octanol–water partition coefficient (Wildman–Crippen LogP) is 3.69. The molecule has 0 aliphatic heterocycles. The van der Waals surface area contributed by atoms with E-state index in [0.717, 1.165) is 11.1 Å². The summed E-state index contributed by atoms with van der Waals surface area (Å²) >= 11 is 0. The van der Waals surface area contributed by atoms with E-state index in [9.17, 15) is 8.78 Å². The highest BCUT2D eigenvalue weighted by atomic mass is 19.1. The van der Waals surface area contributed by atoms with Gasteiger partial charge in [0.05, 0.1) is 0 Å². The molecular formula is C16H20F2N2. The molecule has 108 valence electrons. The molecule has 0 fully saturated rings. The summed E-state index contributed by atoms with van der Waals surface area (Å²) in [5.41, 5.74) is 12.9. The number of rotatable bonds is 2. The van der Waals surface area contributed by atoms with Crippen LogP contribution < -0.4 is 11.5 Å². The zero-order chi connectivity index (χ0) is 15.1. The summed E-state index contributed by atoms with van der Waals surface area (Å²) in [5, 5.41) is 0. The first-order chi connectivity index (χ1) is 9.40. The van der Waals surface area contributed by atoms with Crippen LogP contribution in [-0.4, -0.2) is 0 Å². The first-order valence-electron chi connectivity index (χ1n) is 6.42. The van der Waals surface area contributed by atoms with Crippen molar-refractivity contribution in [3.63, 3.8) is 0 Å². The maximum atomic E-state index is 12.5. The van der Waals surface area contributed by atoms with E-state index >= 15 is 0 Å². The van der Waals surface area contributed by atoms with Crippen LogP contribution in [0.3, 0.4) is 0 Å². The van der Waals surface area contributed by atoms with Crippen LogP contribution in [0.25, 0.3) is 0 Å². The van der Waals surface area contributed by atoms with Gasteiger partial charge in [-0.05, 0) is 49.2 Å². The zero-order valence-corrected chi connectivity index (χ0v) is 11.7. The highest BCUT2D eigenvalue weighted by Gasteiger charge is 1.98. The Morgan fingerprint density at radius 2 is 1.30 bits per heavy atom. The zero-order valence-electron chi connectivity index (χ0n) is 11.7. The summed E-state index contributed by atoms with van der Waals surface area (Å²) < 4.78 is 24.8. The van der Waals surface area contributed by atoms with E-state index in [0.29, 0.717) is 0 Å². The van der Waals surface area contributed by atoms with Crippen LogP contribution in [-0.2, 0) is 0 Å².